The Bertz CT molecular complexity index is 400. The quantitative estimate of drug-likeness (QED) is 0.812. The second kappa shape index (κ2) is 6.20. The zero-order valence-corrected chi connectivity index (χ0v) is 12.0. The fraction of sp³-hybridized carbons (Fsp3) is 0.846. The fourth-order valence-corrected chi connectivity index (χ4v) is 2.48. The van der Waals surface area contributed by atoms with Gasteiger partial charge < -0.3 is 15.0 Å². The van der Waals surface area contributed by atoms with Crippen molar-refractivity contribution in [2.75, 3.05) is 13.2 Å². The molecule has 0 atom stereocenters. The highest BCUT2D eigenvalue weighted by Crippen LogP contribution is 2.34. The van der Waals surface area contributed by atoms with E-state index in [4.69, 9.17) is 15.0 Å². The highest BCUT2D eigenvalue weighted by atomic mass is 35.5. The summed E-state index contributed by atoms with van der Waals surface area (Å²) in [6.07, 6.45) is 7.57. The third kappa shape index (κ3) is 3.68. The first kappa shape index (κ1) is 14.8. The van der Waals surface area contributed by atoms with E-state index in [0.717, 1.165) is 38.2 Å². The second-order valence-corrected chi connectivity index (χ2v) is 5.64. The van der Waals surface area contributed by atoms with Crippen molar-refractivity contribution in [1.29, 1.82) is 0 Å². The molecule has 0 saturated heterocycles. The summed E-state index contributed by atoms with van der Waals surface area (Å²) < 4.78 is 10.8. The van der Waals surface area contributed by atoms with Crippen LogP contribution >= 0.6 is 12.4 Å². The molecule has 108 valence electrons. The Morgan fingerprint density at radius 2 is 2.05 bits per heavy atom. The Labute approximate surface area is 119 Å². The summed E-state index contributed by atoms with van der Waals surface area (Å²) in [5, 5.41) is 4.03. The first-order valence-electron chi connectivity index (χ1n) is 6.96. The molecule has 6 heteroatoms. The molecule has 2 aliphatic carbocycles. The molecule has 2 N–H and O–H groups in total. The van der Waals surface area contributed by atoms with Crippen molar-refractivity contribution in [2.45, 2.75) is 50.5 Å². The molecule has 1 aromatic rings. The summed E-state index contributed by atoms with van der Waals surface area (Å²) in [7, 11) is 0. The molecule has 0 spiro atoms. The van der Waals surface area contributed by atoms with Crippen LogP contribution in [0.15, 0.2) is 4.52 Å². The SMILES string of the molecule is Cl.NC1(c2noc(CCOCC3CC3)n2)CCCC1. The molecule has 0 aliphatic heterocycles. The molecule has 5 nitrogen and oxygen atoms in total. The van der Waals surface area contributed by atoms with E-state index in [9.17, 15) is 0 Å². The van der Waals surface area contributed by atoms with Crippen LogP contribution in [0, 0.1) is 5.92 Å². The first-order valence-corrected chi connectivity index (χ1v) is 6.96. The van der Waals surface area contributed by atoms with Crippen LogP contribution in [0.25, 0.3) is 0 Å². The summed E-state index contributed by atoms with van der Waals surface area (Å²) in [6.45, 7) is 1.54. The smallest absolute Gasteiger partial charge is 0.229 e. The van der Waals surface area contributed by atoms with Gasteiger partial charge in [0.2, 0.25) is 5.89 Å². The standard InChI is InChI=1S/C13H21N3O2.ClH/c14-13(6-1-2-7-13)12-15-11(18-16-12)5-8-17-9-10-3-4-10;/h10H,1-9,14H2;1H. The molecule has 2 aliphatic rings. The van der Waals surface area contributed by atoms with Gasteiger partial charge in [-0.05, 0) is 31.6 Å². The van der Waals surface area contributed by atoms with E-state index >= 15 is 0 Å². The summed E-state index contributed by atoms with van der Waals surface area (Å²) in [5.74, 6) is 2.13. The molecule has 0 radical (unpaired) electrons. The van der Waals surface area contributed by atoms with Gasteiger partial charge in [0.1, 0.15) is 0 Å². The summed E-state index contributed by atoms with van der Waals surface area (Å²) in [6, 6.07) is 0. The average molecular weight is 288 g/mol. The van der Waals surface area contributed by atoms with Gasteiger partial charge in [0.05, 0.1) is 18.6 Å². The normalized spacial score (nSPS) is 21.3. The third-order valence-corrected chi connectivity index (χ3v) is 3.92. The van der Waals surface area contributed by atoms with Crippen LogP contribution in [-0.2, 0) is 16.7 Å². The summed E-state index contributed by atoms with van der Waals surface area (Å²) in [5.41, 5.74) is 5.93. The number of ether oxygens (including phenoxy) is 1. The molecule has 19 heavy (non-hydrogen) atoms. The van der Waals surface area contributed by atoms with E-state index in [1.165, 1.54) is 12.8 Å². The van der Waals surface area contributed by atoms with E-state index in [0.29, 0.717) is 24.7 Å². The van der Waals surface area contributed by atoms with Crippen molar-refractivity contribution < 1.29 is 9.26 Å². The lowest BCUT2D eigenvalue weighted by Gasteiger charge is -2.17. The van der Waals surface area contributed by atoms with Crippen LogP contribution in [-0.4, -0.2) is 23.4 Å². The van der Waals surface area contributed by atoms with Gasteiger partial charge in [0.25, 0.3) is 0 Å². The van der Waals surface area contributed by atoms with Gasteiger partial charge in [-0.25, -0.2) is 0 Å². The van der Waals surface area contributed by atoms with Crippen molar-refractivity contribution >= 4 is 12.4 Å². The van der Waals surface area contributed by atoms with E-state index < -0.39 is 0 Å². The van der Waals surface area contributed by atoms with Gasteiger partial charge in [0.15, 0.2) is 5.82 Å². The minimum Gasteiger partial charge on any atom is -0.381 e. The van der Waals surface area contributed by atoms with E-state index in [-0.39, 0.29) is 17.9 Å². The number of hydrogen-bond acceptors (Lipinski definition) is 5. The molecule has 0 unspecified atom stereocenters. The monoisotopic (exact) mass is 287 g/mol. The lowest BCUT2D eigenvalue weighted by atomic mass is 9.99. The zero-order chi connectivity index (χ0) is 12.4. The molecule has 0 amide bonds. The van der Waals surface area contributed by atoms with Gasteiger partial charge >= 0.3 is 0 Å². The Morgan fingerprint density at radius 1 is 1.32 bits per heavy atom. The first-order chi connectivity index (χ1) is 8.76. The van der Waals surface area contributed by atoms with Crippen LogP contribution in [0.1, 0.15) is 50.2 Å². The van der Waals surface area contributed by atoms with Crippen LogP contribution in [0.4, 0.5) is 0 Å². The highest BCUT2D eigenvalue weighted by molar-refractivity contribution is 5.85. The largest absolute Gasteiger partial charge is 0.381 e. The third-order valence-electron chi connectivity index (χ3n) is 3.92. The Morgan fingerprint density at radius 3 is 2.74 bits per heavy atom. The molecule has 3 rings (SSSR count). The zero-order valence-electron chi connectivity index (χ0n) is 11.1. The Hall–Kier alpha value is -0.650. The number of halogens is 1. The number of hydrogen-bond donors (Lipinski definition) is 1. The van der Waals surface area contributed by atoms with Crippen LogP contribution in [0.5, 0.6) is 0 Å². The van der Waals surface area contributed by atoms with E-state index in [2.05, 4.69) is 10.1 Å². The predicted molar refractivity (Wildman–Crippen MR) is 73.1 cm³/mol. The second-order valence-electron chi connectivity index (χ2n) is 5.64. The minimum atomic E-state index is -0.351. The van der Waals surface area contributed by atoms with Gasteiger partial charge in [-0.2, -0.15) is 4.98 Å². The van der Waals surface area contributed by atoms with Crippen molar-refractivity contribution in [3.63, 3.8) is 0 Å². The molecule has 2 saturated carbocycles. The van der Waals surface area contributed by atoms with E-state index in [1.807, 2.05) is 0 Å². The highest BCUT2D eigenvalue weighted by Gasteiger charge is 2.35. The van der Waals surface area contributed by atoms with Gasteiger partial charge in [-0.15, -0.1) is 12.4 Å². The predicted octanol–water partition coefficient (Wildman–Crippen LogP) is 2.19. The minimum absolute atomic E-state index is 0. The molecule has 1 aromatic heterocycles. The van der Waals surface area contributed by atoms with Crippen molar-refractivity contribution in [3.05, 3.63) is 11.7 Å². The Balaban J connectivity index is 0.00000133. The molecule has 0 aromatic carbocycles. The maximum absolute atomic E-state index is 6.28. The van der Waals surface area contributed by atoms with Gasteiger partial charge in [-0.1, -0.05) is 18.0 Å². The molecular weight excluding hydrogens is 266 g/mol. The lowest BCUT2D eigenvalue weighted by molar-refractivity contribution is 0.122. The van der Waals surface area contributed by atoms with Crippen molar-refractivity contribution in [2.24, 2.45) is 11.7 Å². The fourth-order valence-electron chi connectivity index (χ4n) is 2.48. The number of nitrogens with zero attached hydrogens (tertiary/aromatic N) is 2. The number of nitrogens with two attached hydrogens (primary N) is 1. The Kier molecular flexibility index (Phi) is 4.81. The number of rotatable bonds is 6. The van der Waals surface area contributed by atoms with Crippen LogP contribution in [0.3, 0.4) is 0 Å². The molecular formula is C13H22ClN3O2. The van der Waals surface area contributed by atoms with E-state index in [1.54, 1.807) is 0 Å². The van der Waals surface area contributed by atoms with Crippen LogP contribution < -0.4 is 5.73 Å². The topological polar surface area (TPSA) is 74.2 Å². The maximum Gasteiger partial charge on any atom is 0.229 e. The van der Waals surface area contributed by atoms with Crippen LogP contribution in [0.2, 0.25) is 0 Å². The van der Waals surface area contributed by atoms with Crippen molar-refractivity contribution in [3.8, 4) is 0 Å². The maximum atomic E-state index is 6.28. The molecule has 0 bridgehead atoms. The summed E-state index contributed by atoms with van der Waals surface area (Å²) >= 11 is 0. The van der Waals surface area contributed by atoms with Gasteiger partial charge in [0, 0.05) is 6.61 Å². The average Bonchev–Trinajstić information content (AvgIpc) is 2.88. The summed E-state index contributed by atoms with van der Waals surface area (Å²) in [4.78, 5) is 4.41. The molecule has 2 fully saturated rings. The van der Waals surface area contributed by atoms with Gasteiger partial charge in [-0.3, -0.25) is 0 Å². The lowest BCUT2D eigenvalue weighted by Crippen LogP contribution is -2.34. The number of aromatic nitrogens is 2. The van der Waals surface area contributed by atoms with Crippen molar-refractivity contribution in [1.82, 2.24) is 10.1 Å². The molecule has 1 heterocycles.